The number of piperazine rings is 1. The molecule has 1 saturated heterocycles. The van der Waals surface area contributed by atoms with Crippen molar-refractivity contribution in [2.45, 2.75) is 13.0 Å². The van der Waals surface area contributed by atoms with Crippen LogP contribution in [0, 0.1) is 12.3 Å². The molecule has 0 aromatic carbocycles. The molecule has 3 heteroatoms. The van der Waals surface area contributed by atoms with Gasteiger partial charge in [0, 0.05) is 26.2 Å². The van der Waals surface area contributed by atoms with Gasteiger partial charge >= 0.3 is 0 Å². The molecule has 1 aliphatic heterocycles. The maximum atomic E-state index is 5.27. The molecule has 0 aromatic heterocycles. The first-order valence-corrected chi connectivity index (χ1v) is 4.38. The van der Waals surface area contributed by atoms with E-state index in [4.69, 9.17) is 6.42 Å². The molecule has 0 aromatic rings. The van der Waals surface area contributed by atoms with Gasteiger partial charge in [-0.1, -0.05) is 5.92 Å². The fourth-order valence-electron chi connectivity index (χ4n) is 1.25. The Morgan fingerprint density at radius 3 is 2.42 bits per heavy atom. The van der Waals surface area contributed by atoms with Crippen LogP contribution in [0.15, 0.2) is 0 Å². The highest BCUT2D eigenvalue weighted by Gasteiger charge is 2.13. The summed E-state index contributed by atoms with van der Waals surface area (Å²) in [5.41, 5.74) is 3.26. The molecule has 1 rings (SSSR count). The van der Waals surface area contributed by atoms with Crippen molar-refractivity contribution in [1.29, 1.82) is 0 Å². The second kappa shape index (κ2) is 4.46. The van der Waals surface area contributed by atoms with Gasteiger partial charge in [0.2, 0.25) is 0 Å². The fraction of sp³-hybridized carbons (Fsp3) is 0.778. The minimum absolute atomic E-state index is 0.147. The lowest BCUT2D eigenvalue weighted by molar-refractivity contribution is 0.0985. The van der Waals surface area contributed by atoms with Crippen LogP contribution in [0.4, 0.5) is 0 Å². The topological polar surface area (TPSA) is 18.5 Å². The van der Waals surface area contributed by atoms with Crippen molar-refractivity contribution in [1.82, 2.24) is 15.3 Å². The zero-order chi connectivity index (χ0) is 8.97. The molecule has 68 valence electrons. The fourth-order valence-corrected chi connectivity index (χ4v) is 1.25. The van der Waals surface area contributed by atoms with E-state index < -0.39 is 0 Å². The Bertz CT molecular complexity index is 165. The van der Waals surface area contributed by atoms with Gasteiger partial charge in [0.25, 0.3) is 0 Å². The second-order valence-electron chi connectivity index (χ2n) is 3.31. The number of terminal acetylenes is 1. The predicted octanol–water partition coefficient (Wildman–Crippen LogP) is -0.240. The van der Waals surface area contributed by atoms with Crippen molar-refractivity contribution in [2.24, 2.45) is 0 Å². The maximum absolute atomic E-state index is 5.27. The molecule has 1 N–H and O–H groups in total. The van der Waals surface area contributed by atoms with Gasteiger partial charge in [-0.05, 0) is 14.0 Å². The third-order valence-corrected chi connectivity index (χ3v) is 2.13. The molecule has 0 bridgehead atoms. The zero-order valence-electron chi connectivity index (χ0n) is 7.88. The average Bonchev–Trinajstić information content (AvgIpc) is 2.09. The highest BCUT2D eigenvalue weighted by molar-refractivity contribution is 4.95. The van der Waals surface area contributed by atoms with E-state index in [2.05, 4.69) is 28.3 Å². The molecule has 0 saturated carbocycles. The zero-order valence-corrected chi connectivity index (χ0v) is 7.88. The first-order valence-electron chi connectivity index (χ1n) is 4.38. The second-order valence-corrected chi connectivity index (χ2v) is 3.31. The number of nitrogens with zero attached hydrogens (tertiary/aromatic N) is 2. The van der Waals surface area contributed by atoms with Crippen LogP contribution < -0.4 is 5.43 Å². The summed E-state index contributed by atoms with van der Waals surface area (Å²) in [6.45, 7) is 6.35. The molecule has 1 heterocycles. The number of nitrogens with one attached hydrogen (secondary N) is 1. The van der Waals surface area contributed by atoms with E-state index >= 15 is 0 Å². The van der Waals surface area contributed by atoms with E-state index in [0.29, 0.717) is 0 Å². The van der Waals surface area contributed by atoms with Gasteiger partial charge in [-0.2, -0.15) is 0 Å². The predicted molar refractivity (Wildman–Crippen MR) is 50.5 cm³/mol. The molecule has 12 heavy (non-hydrogen) atoms. The van der Waals surface area contributed by atoms with Gasteiger partial charge in [0.05, 0.1) is 6.04 Å². The van der Waals surface area contributed by atoms with Crippen molar-refractivity contribution in [3.63, 3.8) is 0 Å². The molecule has 0 spiro atoms. The van der Waals surface area contributed by atoms with Crippen LogP contribution in [0.2, 0.25) is 0 Å². The molecule has 1 atom stereocenters. The first kappa shape index (κ1) is 9.53. The lowest BCUT2D eigenvalue weighted by atomic mass is 10.3. The minimum Gasteiger partial charge on any atom is -0.304 e. The summed E-state index contributed by atoms with van der Waals surface area (Å²) in [5, 5.41) is 2.20. The highest BCUT2D eigenvalue weighted by atomic mass is 15.5. The van der Waals surface area contributed by atoms with E-state index in [1.807, 2.05) is 6.92 Å². The molecule has 1 unspecified atom stereocenters. The summed E-state index contributed by atoms with van der Waals surface area (Å²) in [6.07, 6.45) is 5.27. The molecular formula is C9H17N3. The van der Waals surface area contributed by atoms with Crippen LogP contribution in [0.3, 0.4) is 0 Å². The molecule has 1 aliphatic rings. The monoisotopic (exact) mass is 167 g/mol. The Balaban J connectivity index is 2.22. The summed E-state index contributed by atoms with van der Waals surface area (Å²) in [7, 11) is 2.14. The van der Waals surface area contributed by atoms with Crippen LogP contribution in [-0.2, 0) is 0 Å². The molecule has 3 nitrogen and oxygen atoms in total. The summed E-state index contributed by atoms with van der Waals surface area (Å²) in [6, 6.07) is 0.147. The highest BCUT2D eigenvalue weighted by Crippen LogP contribution is 1.96. The van der Waals surface area contributed by atoms with E-state index in [1.165, 1.54) is 0 Å². The third-order valence-electron chi connectivity index (χ3n) is 2.13. The van der Waals surface area contributed by atoms with Gasteiger partial charge in [-0.15, -0.1) is 6.42 Å². The largest absolute Gasteiger partial charge is 0.304 e. The van der Waals surface area contributed by atoms with Gasteiger partial charge in [0.1, 0.15) is 0 Å². The third kappa shape index (κ3) is 2.82. The van der Waals surface area contributed by atoms with Crippen LogP contribution in [0.1, 0.15) is 6.92 Å². The van der Waals surface area contributed by atoms with Crippen molar-refractivity contribution >= 4 is 0 Å². The summed E-state index contributed by atoms with van der Waals surface area (Å²) < 4.78 is 0. The normalized spacial score (nSPS) is 23.4. The Kier molecular flexibility index (Phi) is 3.54. The quantitative estimate of drug-likeness (QED) is 0.573. The summed E-state index contributed by atoms with van der Waals surface area (Å²) in [4.78, 5) is 2.32. The number of likely N-dealkylation sites (N-methyl/N-ethyl adjacent to an activating group) is 1. The Morgan fingerprint density at radius 2 is 1.92 bits per heavy atom. The lowest BCUT2D eigenvalue weighted by Gasteiger charge is -2.33. The Labute approximate surface area is 74.7 Å². The van der Waals surface area contributed by atoms with Crippen LogP contribution in [0.25, 0.3) is 0 Å². The lowest BCUT2D eigenvalue weighted by Crippen LogP contribution is -2.52. The van der Waals surface area contributed by atoms with E-state index in [1.54, 1.807) is 0 Å². The van der Waals surface area contributed by atoms with E-state index in [-0.39, 0.29) is 6.04 Å². The maximum Gasteiger partial charge on any atom is 0.0791 e. The number of hydrogen-bond donors (Lipinski definition) is 1. The van der Waals surface area contributed by atoms with Gasteiger partial charge in [-0.25, -0.2) is 10.4 Å². The summed E-state index contributed by atoms with van der Waals surface area (Å²) in [5.74, 6) is 2.66. The minimum atomic E-state index is 0.147. The van der Waals surface area contributed by atoms with Gasteiger partial charge < -0.3 is 4.90 Å². The van der Waals surface area contributed by atoms with Gasteiger partial charge in [0.15, 0.2) is 0 Å². The molecule has 1 fully saturated rings. The first-order chi connectivity index (χ1) is 5.72. The van der Waals surface area contributed by atoms with Crippen molar-refractivity contribution in [3.8, 4) is 12.3 Å². The molecule has 0 radical (unpaired) electrons. The van der Waals surface area contributed by atoms with E-state index in [0.717, 1.165) is 26.2 Å². The molecular weight excluding hydrogens is 150 g/mol. The van der Waals surface area contributed by atoms with Crippen molar-refractivity contribution in [2.75, 3.05) is 33.2 Å². The number of rotatable bonds is 2. The van der Waals surface area contributed by atoms with Crippen molar-refractivity contribution < 1.29 is 0 Å². The summed E-state index contributed by atoms with van der Waals surface area (Å²) >= 11 is 0. The van der Waals surface area contributed by atoms with E-state index in [9.17, 15) is 0 Å². The number of hydrogen-bond acceptors (Lipinski definition) is 3. The van der Waals surface area contributed by atoms with Crippen LogP contribution >= 0.6 is 0 Å². The smallest absolute Gasteiger partial charge is 0.0791 e. The van der Waals surface area contributed by atoms with Crippen LogP contribution in [0.5, 0.6) is 0 Å². The molecule has 0 amide bonds. The van der Waals surface area contributed by atoms with Crippen molar-refractivity contribution in [3.05, 3.63) is 0 Å². The van der Waals surface area contributed by atoms with Gasteiger partial charge in [-0.3, -0.25) is 0 Å². The Morgan fingerprint density at radius 1 is 1.33 bits per heavy atom. The standard InChI is InChI=1S/C9H17N3/c1-4-9(2)10-12-7-5-11(3)6-8-12/h1,9-10H,5-8H2,2-3H3. The number of hydrazine groups is 1. The Hall–Kier alpha value is -0.560. The molecule has 0 aliphatic carbocycles. The average molecular weight is 167 g/mol. The van der Waals surface area contributed by atoms with Crippen LogP contribution in [-0.4, -0.2) is 49.2 Å². The SMILES string of the molecule is C#CC(C)NN1CCN(C)CC1.